The van der Waals surface area contributed by atoms with Crippen LogP contribution in [0, 0.1) is 12.8 Å². The fourth-order valence-corrected chi connectivity index (χ4v) is 3.94. The van der Waals surface area contributed by atoms with Crippen LogP contribution in [0.4, 0.5) is 0 Å². The number of amides is 1. The second-order valence-electron chi connectivity index (χ2n) is 6.37. The summed E-state index contributed by atoms with van der Waals surface area (Å²) in [7, 11) is -2.14. The van der Waals surface area contributed by atoms with E-state index in [1.54, 1.807) is 6.07 Å². The first kappa shape index (κ1) is 18.9. The monoisotopic (exact) mass is 354 g/mol. The van der Waals surface area contributed by atoms with Crippen molar-refractivity contribution >= 4 is 15.9 Å². The molecule has 0 aliphatic carbocycles. The molecule has 7 heteroatoms. The number of hydrogen-bond acceptors (Lipinski definition) is 4. The summed E-state index contributed by atoms with van der Waals surface area (Å²) in [4.78, 5) is 14.7. The summed E-state index contributed by atoms with van der Waals surface area (Å²) in [5.41, 5.74) is 1.24. The fraction of sp³-hybridized carbons (Fsp3) is 0.588. The van der Waals surface area contributed by atoms with Gasteiger partial charge in [0, 0.05) is 32.3 Å². The van der Waals surface area contributed by atoms with Crippen LogP contribution in [0.2, 0.25) is 0 Å². The van der Waals surface area contributed by atoms with Gasteiger partial charge in [-0.1, -0.05) is 13.0 Å². The summed E-state index contributed by atoms with van der Waals surface area (Å²) in [6.45, 7) is 5.90. The number of likely N-dealkylation sites (tertiary alicyclic amines) is 1. The van der Waals surface area contributed by atoms with Crippen molar-refractivity contribution in [1.29, 1.82) is 0 Å². The number of ether oxygens (including phenoxy) is 1. The van der Waals surface area contributed by atoms with Gasteiger partial charge in [-0.3, -0.25) is 4.79 Å². The Balaban J connectivity index is 2.23. The molecule has 1 aliphatic heterocycles. The van der Waals surface area contributed by atoms with Crippen molar-refractivity contribution in [1.82, 2.24) is 9.62 Å². The standard InChI is InChI=1S/C17H26N2O4S/c1-13-5-4-9-19(12-13)17(20)16-11-15(7-6-14(16)2)24(21,22)18-8-10-23-3/h6-7,11,13,18H,4-5,8-10,12H2,1-3H3. The van der Waals surface area contributed by atoms with Gasteiger partial charge in [0.25, 0.3) is 5.91 Å². The van der Waals surface area contributed by atoms with E-state index in [-0.39, 0.29) is 17.3 Å². The molecule has 1 amide bonds. The average Bonchev–Trinajstić information content (AvgIpc) is 2.54. The fourth-order valence-electron chi connectivity index (χ4n) is 2.90. The van der Waals surface area contributed by atoms with Crippen LogP contribution in [-0.4, -0.2) is 52.6 Å². The molecule has 1 aromatic rings. The molecule has 0 radical (unpaired) electrons. The first-order valence-corrected chi connectivity index (χ1v) is 9.72. The molecule has 0 bridgehead atoms. The lowest BCUT2D eigenvalue weighted by atomic mass is 9.99. The number of benzene rings is 1. The Morgan fingerprint density at radius 3 is 2.83 bits per heavy atom. The Morgan fingerprint density at radius 1 is 1.42 bits per heavy atom. The number of nitrogens with one attached hydrogen (secondary N) is 1. The largest absolute Gasteiger partial charge is 0.383 e. The Bertz CT molecular complexity index is 688. The van der Waals surface area contributed by atoms with Crippen LogP contribution in [0.15, 0.2) is 23.1 Å². The smallest absolute Gasteiger partial charge is 0.254 e. The maximum Gasteiger partial charge on any atom is 0.254 e. The Labute approximate surface area is 144 Å². The van der Waals surface area contributed by atoms with Gasteiger partial charge in [-0.2, -0.15) is 0 Å². The van der Waals surface area contributed by atoms with Gasteiger partial charge in [0.15, 0.2) is 0 Å². The lowest BCUT2D eigenvalue weighted by Crippen LogP contribution is -2.39. The molecular weight excluding hydrogens is 328 g/mol. The van der Waals surface area contributed by atoms with Crippen molar-refractivity contribution in [2.75, 3.05) is 33.4 Å². The van der Waals surface area contributed by atoms with Gasteiger partial charge < -0.3 is 9.64 Å². The van der Waals surface area contributed by atoms with E-state index >= 15 is 0 Å². The molecule has 1 N–H and O–H groups in total. The van der Waals surface area contributed by atoms with E-state index in [2.05, 4.69) is 11.6 Å². The van der Waals surface area contributed by atoms with E-state index in [0.29, 0.717) is 18.1 Å². The van der Waals surface area contributed by atoms with Crippen LogP contribution in [-0.2, 0) is 14.8 Å². The summed E-state index contributed by atoms with van der Waals surface area (Å²) < 4.78 is 32.0. The van der Waals surface area contributed by atoms with Gasteiger partial charge in [-0.15, -0.1) is 0 Å². The van der Waals surface area contributed by atoms with Gasteiger partial charge >= 0.3 is 0 Å². The maximum atomic E-state index is 12.8. The number of aryl methyl sites for hydroxylation is 1. The number of nitrogens with zero attached hydrogens (tertiary/aromatic N) is 1. The first-order chi connectivity index (χ1) is 11.3. The molecule has 1 atom stereocenters. The van der Waals surface area contributed by atoms with Gasteiger partial charge in [0.1, 0.15) is 0 Å². The normalized spacial score (nSPS) is 18.6. The van der Waals surface area contributed by atoms with E-state index < -0.39 is 10.0 Å². The maximum absolute atomic E-state index is 12.8. The van der Waals surface area contributed by atoms with Crippen LogP contribution in [0.1, 0.15) is 35.7 Å². The summed E-state index contributed by atoms with van der Waals surface area (Å²) >= 11 is 0. The Kier molecular flexibility index (Phi) is 6.37. The summed E-state index contributed by atoms with van der Waals surface area (Å²) in [5, 5.41) is 0. The number of piperidine rings is 1. The molecule has 24 heavy (non-hydrogen) atoms. The quantitative estimate of drug-likeness (QED) is 0.790. The van der Waals surface area contributed by atoms with E-state index in [4.69, 9.17) is 4.74 Å². The third-order valence-corrected chi connectivity index (χ3v) is 5.75. The molecule has 1 aliphatic rings. The minimum absolute atomic E-state index is 0.0898. The van der Waals surface area contributed by atoms with Crippen LogP contribution in [0.3, 0.4) is 0 Å². The highest BCUT2D eigenvalue weighted by Gasteiger charge is 2.24. The number of carbonyl (C=O) groups is 1. The van der Waals surface area contributed by atoms with Gasteiger partial charge in [-0.25, -0.2) is 13.1 Å². The second kappa shape index (κ2) is 8.09. The number of rotatable bonds is 6. The highest BCUT2D eigenvalue weighted by atomic mass is 32.2. The molecule has 1 fully saturated rings. The SMILES string of the molecule is COCCNS(=O)(=O)c1ccc(C)c(C(=O)N2CCCC(C)C2)c1. The zero-order valence-corrected chi connectivity index (χ0v) is 15.4. The van der Waals surface area contributed by atoms with Crippen molar-refractivity contribution in [2.24, 2.45) is 5.92 Å². The highest BCUT2D eigenvalue weighted by Crippen LogP contribution is 2.21. The Morgan fingerprint density at radius 2 is 2.17 bits per heavy atom. The summed E-state index contributed by atoms with van der Waals surface area (Å²) in [6.07, 6.45) is 2.11. The van der Waals surface area contributed by atoms with Crippen LogP contribution >= 0.6 is 0 Å². The van der Waals surface area contributed by atoms with E-state index in [9.17, 15) is 13.2 Å². The lowest BCUT2D eigenvalue weighted by Gasteiger charge is -2.31. The number of hydrogen-bond donors (Lipinski definition) is 1. The highest BCUT2D eigenvalue weighted by molar-refractivity contribution is 7.89. The molecule has 2 rings (SSSR count). The predicted molar refractivity (Wildman–Crippen MR) is 92.5 cm³/mol. The zero-order chi connectivity index (χ0) is 17.7. The van der Waals surface area contributed by atoms with Crippen molar-refractivity contribution in [3.63, 3.8) is 0 Å². The molecule has 1 saturated heterocycles. The number of carbonyl (C=O) groups excluding carboxylic acids is 1. The zero-order valence-electron chi connectivity index (χ0n) is 14.5. The van der Waals surface area contributed by atoms with E-state index in [1.165, 1.54) is 19.2 Å². The summed E-state index contributed by atoms with van der Waals surface area (Å²) in [5.74, 6) is 0.388. The van der Waals surface area contributed by atoms with Gasteiger partial charge in [0.2, 0.25) is 10.0 Å². The first-order valence-electron chi connectivity index (χ1n) is 8.23. The minimum Gasteiger partial charge on any atom is -0.383 e. The molecule has 0 aromatic heterocycles. The third kappa shape index (κ3) is 4.55. The molecule has 134 valence electrons. The third-order valence-electron chi connectivity index (χ3n) is 4.29. The van der Waals surface area contributed by atoms with E-state index in [0.717, 1.165) is 31.5 Å². The van der Waals surface area contributed by atoms with Crippen molar-refractivity contribution in [2.45, 2.75) is 31.6 Å². The molecule has 6 nitrogen and oxygen atoms in total. The van der Waals surface area contributed by atoms with Crippen LogP contribution in [0.5, 0.6) is 0 Å². The molecule has 0 spiro atoms. The molecular formula is C17H26N2O4S. The van der Waals surface area contributed by atoms with Crippen LogP contribution in [0.25, 0.3) is 0 Å². The number of methoxy groups -OCH3 is 1. The molecule has 1 aromatic carbocycles. The van der Waals surface area contributed by atoms with Crippen molar-refractivity contribution in [3.05, 3.63) is 29.3 Å². The van der Waals surface area contributed by atoms with Crippen LogP contribution < -0.4 is 4.72 Å². The van der Waals surface area contributed by atoms with Gasteiger partial charge in [0.05, 0.1) is 11.5 Å². The predicted octanol–water partition coefficient (Wildman–Crippen LogP) is 1.79. The number of sulfonamides is 1. The Hall–Kier alpha value is -1.44. The summed E-state index contributed by atoms with van der Waals surface area (Å²) in [6, 6.07) is 4.69. The van der Waals surface area contributed by atoms with E-state index in [1.807, 2.05) is 11.8 Å². The molecule has 1 heterocycles. The second-order valence-corrected chi connectivity index (χ2v) is 8.13. The molecule has 0 saturated carbocycles. The topological polar surface area (TPSA) is 75.7 Å². The van der Waals surface area contributed by atoms with Crippen molar-refractivity contribution in [3.8, 4) is 0 Å². The minimum atomic E-state index is -3.65. The van der Waals surface area contributed by atoms with Crippen molar-refractivity contribution < 1.29 is 17.9 Å². The molecule has 1 unspecified atom stereocenters. The average molecular weight is 354 g/mol. The van der Waals surface area contributed by atoms with Gasteiger partial charge in [-0.05, 0) is 43.4 Å². The lowest BCUT2D eigenvalue weighted by molar-refractivity contribution is 0.0682.